The predicted molar refractivity (Wildman–Crippen MR) is 38.9 cm³/mol. The van der Waals surface area contributed by atoms with Crippen molar-refractivity contribution >= 4 is 5.96 Å². The molecule has 4 N–H and O–H groups in total. The maximum atomic E-state index is 6.77. The summed E-state index contributed by atoms with van der Waals surface area (Å²) in [6.07, 6.45) is 3.31. The first-order chi connectivity index (χ1) is 4.27. The summed E-state index contributed by atoms with van der Waals surface area (Å²) < 4.78 is 0. The maximum absolute atomic E-state index is 6.77. The van der Waals surface area contributed by atoms with Crippen molar-refractivity contribution in [3.63, 3.8) is 0 Å². The van der Waals surface area contributed by atoms with Crippen LogP contribution in [0.15, 0.2) is 0 Å². The fourth-order valence-corrected chi connectivity index (χ4v) is 0.488. The zero-order chi connectivity index (χ0) is 7.11. The van der Waals surface area contributed by atoms with Gasteiger partial charge >= 0.3 is 0 Å². The molecule has 0 atom stereocenters. The molecule has 9 heavy (non-hydrogen) atoms. The first-order valence-corrected chi connectivity index (χ1v) is 3.19. The highest BCUT2D eigenvalue weighted by atomic mass is 15.0. The number of unbranched alkanes of at least 4 members (excludes halogenated alkanes) is 2. The van der Waals surface area contributed by atoms with E-state index in [1.54, 1.807) is 0 Å². The first kappa shape index (κ1) is 8.27. The van der Waals surface area contributed by atoms with Crippen molar-refractivity contribution in [1.29, 1.82) is 5.41 Å². The summed E-state index contributed by atoms with van der Waals surface area (Å²) in [5, 5.41) is 9.38. The van der Waals surface area contributed by atoms with Crippen LogP contribution in [0.1, 0.15) is 26.2 Å². The summed E-state index contributed by atoms with van der Waals surface area (Å²) in [6.45, 7) is 3.94. The van der Waals surface area contributed by atoms with E-state index in [9.17, 15) is 0 Å². The largest absolute Gasteiger partial charge is 0.370 e. The van der Waals surface area contributed by atoms with Crippen LogP contribution in [0, 0.1) is 12.0 Å². The number of rotatable bonds is 4. The Bertz CT molecular complexity index is 80.4. The van der Waals surface area contributed by atoms with Gasteiger partial charge in [-0.2, -0.15) is 0 Å². The van der Waals surface area contributed by atoms with Gasteiger partial charge in [-0.3, -0.25) is 5.41 Å². The van der Waals surface area contributed by atoms with Gasteiger partial charge in [-0.15, -0.1) is 0 Å². The van der Waals surface area contributed by atoms with Crippen molar-refractivity contribution < 1.29 is 0 Å². The third kappa shape index (κ3) is 7.27. The fourth-order valence-electron chi connectivity index (χ4n) is 0.488. The molecule has 0 bridgehead atoms. The highest BCUT2D eigenvalue weighted by molar-refractivity contribution is 5.74. The second-order valence-corrected chi connectivity index (χ2v) is 1.90. The van der Waals surface area contributed by atoms with Gasteiger partial charge in [0.25, 0.3) is 0 Å². The number of hydrogen-bond donors (Lipinski definition) is 3. The monoisotopic (exact) mass is 128 g/mol. The molecule has 0 heterocycles. The third-order valence-electron chi connectivity index (χ3n) is 0.960. The normalized spacial score (nSPS) is 9.00. The zero-order valence-electron chi connectivity index (χ0n) is 5.78. The average Bonchev–Trinajstić information content (AvgIpc) is 1.80. The molecule has 0 fully saturated rings. The molecule has 0 aromatic rings. The van der Waals surface area contributed by atoms with Gasteiger partial charge in [0, 0.05) is 6.54 Å². The lowest BCUT2D eigenvalue weighted by Crippen LogP contribution is -2.27. The van der Waals surface area contributed by atoms with Crippen LogP contribution in [0.4, 0.5) is 0 Å². The van der Waals surface area contributed by atoms with Crippen LogP contribution in [0.25, 0.3) is 0 Å². The zero-order valence-corrected chi connectivity index (χ0v) is 5.78. The first-order valence-electron chi connectivity index (χ1n) is 3.19. The van der Waals surface area contributed by atoms with Crippen LogP contribution in [-0.4, -0.2) is 5.96 Å². The van der Waals surface area contributed by atoms with Crippen molar-refractivity contribution in [3.8, 4) is 0 Å². The van der Waals surface area contributed by atoms with E-state index in [0.29, 0.717) is 0 Å². The topological polar surface area (TPSA) is 61.9 Å². The Morgan fingerprint density at radius 1 is 1.78 bits per heavy atom. The standard InChI is InChI=1S/C6H14N3/c1-2-3-4-5-9-6(7)8/h5H,2-4H2,1H3,(H4,7,8,9). The molecular formula is C6H14N3. The molecule has 3 nitrogen and oxygen atoms in total. The number of hydrogen-bond acceptors (Lipinski definition) is 1. The van der Waals surface area contributed by atoms with Gasteiger partial charge in [-0.1, -0.05) is 19.8 Å². The lowest BCUT2D eigenvalue weighted by Gasteiger charge is -1.99. The maximum Gasteiger partial charge on any atom is 0.185 e. The highest BCUT2D eigenvalue weighted by Crippen LogP contribution is 1.93. The van der Waals surface area contributed by atoms with E-state index < -0.39 is 0 Å². The Morgan fingerprint density at radius 3 is 2.89 bits per heavy atom. The van der Waals surface area contributed by atoms with E-state index in [0.717, 1.165) is 12.8 Å². The van der Waals surface area contributed by atoms with E-state index in [4.69, 9.17) is 11.1 Å². The summed E-state index contributed by atoms with van der Waals surface area (Å²) in [7, 11) is 0. The number of nitrogens with two attached hydrogens (primary N) is 1. The Kier molecular flexibility index (Phi) is 4.97. The van der Waals surface area contributed by atoms with Gasteiger partial charge in [-0.25, -0.2) is 0 Å². The van der Waals surface area contributed by atoms with Gasteiger partial charge in [0.2, 0.25) is 0 Å². The fraction of sp³-hybridized carbons (Fsp3) is 0.667. The molecule has 0 aliphatic heterocycles. The minimum Gasteiger partial charge on any atom is -0.370 e. The van der Waals surface area contributed by atoms with Crippen molar-refractivity contribution in [3.05, 3.63) is 6.54 Å². The summed E-state index contributed by atoms with van der Waals surface area (Å²) in [5.74, 6) is 0.0195. The molecular weight excluding hydrogens is 114 g/mol. The van der Waals surface area contributed by atoms with Gasteiger partial charge in [-0.05, 0) is 6.42 Å². The number of nitrogens with one attached hydrogen (secondary N) is 2. The minimum atomic E-state index is 0.0195. The van der Waals surface area contributed by atoms with E-state index >= 15 is 0 Å². The SMILES string of the molecule is CCCC[CH]NC(=N)N. The molecule has 0 saturated heterocycles. The van der Waals surface area contributed by atoms with E-state index in [1.807, 2.05) is 6.54 Å². The molecule has 0 spiro atoms. The highest BCUT2D eigenvalue weighted by Gasteiger charge is 1.86. The molecule has 0 saturated carbocycles. The van der Waals surface area contributed by atoms with Crippen LogP contribution < -0.4 is 11.1 Å². The molecule has 0 aromatic heterocycles. The van der Waals surface area contributed by atoms with Crippen molar-refractivity contribution in [2.45, 2.75) is 26.2 Å². The summed E-state index contributed by atoms with van der Waals surface area (Å²) in [5.41, 5.74) is 5.02. The van der Waals surface area contributed by atoms with Crippen molar-refractivity contribution in [1.82, 2.24) is 5.32 Å². The molecule has 1 radical (unpaired) electrons. The second-order valence-electron chi connectivity index (χ2n) is 1.90. The summed E-state index contributed by atoms with van der Waals surface area (Å²) in [4.78, 5) is 0. The predicted octanol–water partition coefficient (Wildman–Crippen LogP) is 0.821. The van der Waals surface area contributed by atoms with Gasteiger partial charge in [0.1, 0.15) is 0 Å². The van der Waals surface area contributed by atoms with E-state index in [1.165, 1.54) is 6.42 Å². The van der Waals surface area contributed by atoms with Crippen LogP contribution in [0.2, 0.25) is 0 Å². The van der Waals surface area contributed by atoms with Gasteiger partial charge < -0.3 is 11.1 Å². The molecule has 3 heteroatoms. The lowest BCUT2D eigenvalue weighted by molar-refractivity contribution is 0.756. The minimum absolute atomic E-state index is 0.0195. The second kappa shape index (κ2) is 5.41. The Balaban J connectivity index is 2.83. The molecule has 0 aliphatic rings. The molecule has 0 amide bonds. The van der Waals surface area contributed by atoms with Crippen LogP contribution in [0.3, 0.4) is 0 Å². The average molecular weight is 128 g/mol. The Morgan fingerprint density at radius 2 is 2.44 bits per heavy atom. The lowest BCUT2D eigenvalue weighted by atomic mass is 10.2. The smallest absolute Gasteiger partial charge is 0.185 e. The molecule has 0 unspecified atom stereocenters. The Hall–Kier alpha value is -0.730. The molecule has 0 aromatic carbocycles. The van der Waals surface area contributed by atoms with E-state index in [-0.39, 0.29) is 5.96 Å². The van der Waals surface area contributed by atoms with Crippen molar-refractivity contribution in [2.75, 3.05) is 0 Å². The third-order valence-corrected chi connectivity index (χ3v) is 0.960. The van der Waals surface area contributed by atoms with Crippen molar-refractivity contribution in [2.24, 2.45) is 5.73 Å². The van der Waals surface area contributed by atoms with E-state index in [2.05, 4.69) is 12.2 Å². The van der Waals surface area contributed by atoms with Crippen LogP contribution in [0.5, 0.6) is 0 Å². The quantitative estimate of drug-likeness (QED) is 0.298. The molecule has 0 rings (SSSR count). The van der Waals surface area contributed by atoms with Crippen LogP contribution >= 0.6 is 0 Å². The summed E-state index contributed by atoms with van der Waals surface area (Å²) >= 11 is 0. The van der Waals surface area contributed by atoms with Gasteiger partial charge in [0.15, 0.2) is 5.96 Å². The Labute approximate surface area is 56.1 Å². The molecule has 0 aliphatic carbocycles. The number of guanidine groups is 1. The van der Waals surface area contributed by atoms with Gasteiger partial charge in [0.05, 0.1) is 0 Å². The summed E-state index contributed by atoms with van der Waals surface area (Å²) in [6, 6.07) is 0. The molecule has 53 valence electrons. The van der Waals surface area contributed by atoms with Crippen LogP contribution in [-0.2, 0) is 0 Å².